The van der Waals surface area contributed by atoms with E-state index in [-0.39, 0.29) is 11.8 Å². The number of nitrogens with zero attached hydrogens (tertiary/aromatic N) is 2. The summed E-state index contributed by atoms with van der Waals surface area (Å²) in [7, 11) is 0. The zero-order chi connectivity index (χ0) is 18.7. The summed E-state index contributed by atoms with van der Waals surface area (Å²) in [5.74, 6) is -0.269. The fourth-order valence-corrected chi connectivity index (χ4v) is 3.78. The first-order valence-electron chi connectivity index (χ1n) is 8.23. The third kappa shape index (κ3) is 3.92. The van der Waals surface area contributed by atoms with Crippen molar-refractivity contribution in [1.82, 2.24) is 5.01 Å². The van der Waals surface area contributed by atoms with Crippen LogP contribution in [0.15, 0.2) is 52.6 Å². The SMILES string of the molecule is CCOC(=O)/C=C(\C)N1N=C(c2cccs2)C[C@@H]1c1cc(Cl)ccc1O. The minimum absolute atomic E-state index is 0.149. The highest BCUT2D eigenvalue weighted by Gasteiger charge is 2.32. The molecule has 0 bridgehead atoms. The average Bonchev–Trinajstić information content (AvgIpc) is 3.26. The van der Waals surface area contributed by atoms with Crippen LogP contribution in [0.3, 0.4) is 0 Å². The monoisotopic (exact) mass is 390 g/mol. The summed E-state index contributed by atoms with van der Waals surface area (Å²) in [6.07, 6.45) is 2.02. The molecule has 1 aromatic carbocycles. The molecular formula is C19H19ClN2O3S. The fourth-order valence-electron chi connectivity index (χ4n) is 2.88. The summed E-state index contributed by atoms with van der Waals surface area (Å²) < 4.78 is 5.00. The van der Waals surface area contributed by atoms with E-state index in [0.717, 1.165) is 10.6 Å². The molecule has 1 aromatic heterocycles. The fraction of sp³-hybridized carbons (Fsp3) is 0.263. The summed E-state index contributed by atoms with van der Waals surface area (Å²) in [6.45, 7) is 3.87. The molecule has 136 valence electrons. The van der Waals surface area contributed by atoms with E-state index in [9.17, 15) is 9.90 Å². The number of phenolic OH excluding ortho intramolecular Hbond substituents is 1. The summed E-state index contributed by atoms with van der Waals surface area (Å²) in [5, 5.41) is 19.3. The Labute approximate surface area is 161 Å². The van der Waals surface area contributed by atoms with Crippen LogP contribution in [0.1, 0.15) is 36.8 Å². The van der Waals surface area contributed by atoms with Crippen LogP contribution in [-0.4, -0.2) is 28.4 Å². The Hall–Kier alpha value is -2.31. The van der Waals surface area contributed by atoms with E-state index < -0.39 is 5.97 Å². The lowest BCUT2D eigenvalue weighted by molar-refractivity contribution is -0.137. The second-order valence-electron chi connectivity index (χ2n) is 5.83. The average molecular weight is 391 g/mol. The molecule has 1 aliphatic heterocycles. The van der Waals surface area contributed by atoms with Crippen LogP contribution in [0.2, 0.25) is 5.02 Å². The minimum atomic E-state index is -0.418. The van der Waals surface area contributed by atoms with Crippen LogP contribution in [0, 0.1) is 0 Å². The lowest BCUT2D eigenvalue weighted by Crippen LogP contribution is -2.19. The van der Waals surface area contributed by atoms with E-state index in [1.165, 1.54) is 6.08 Å². The summed E-state index contributed by atoms with van der Waals surface area (Å²) in [5.41, 5.74) is 2.21. The van der Waals surface area contributed by atoms with Crippen LogP contribution in [0.5, 0.6) is 5.75 Å². The normalized spacial score (nSPS) is 17.3. The zero-order valence-electron chi connectivity index (χ0n) is 14.5. The van der Waals surface area contributed by atoms with Crippen LogP contribution in [0.25, 0.3) is 0 Å². The quantitative estimate of drug-likeness (QED) is 0.592. The molecule has 0 spiro atoms. The third-order valence-corrected chi connectivity index (χ3v) is 5.19. The number of carbonyl (C=O) groups is 1. The second-order valence-corrected chi connectivity index (χ2v) is 7.21. The number of carbonyl (C=O) groups excluding carboxylic acids is 1. The summed E-state index contributed by atoms with van der Waals surface area (Å²) in [4.78, 5) is 12.9. The van der Waals surface area contributed by atoms with Crippen LogP contribution in [-0.2, 0) is 9.53 Å². The lowest BCUT2D eigenvalue weighted by atomic mass is 10.00. The molecule has 0 aliphatic carbocycles. The van der Waals surface area contributed by atoms with Crippen molar-refractivity contribution in [1.29, 1.82) is 0 Å². The highest BCUT2D eigenvalue weighted by molar-refractivity contribution is 7.12. The number of aromatic hydroxyl groups is 1. The Morgan fingerprint density at radius 1 is 1.50 bits per heavy atom. The van der Waals surface area contributed by atoms with Crippen LogP contribution < -0.4 is 0 Å². The predicted octanol–water partition coefficient (Wildman–Crippen LogP) is 4.73. The van der Waals surface area contributed by atoms with Gasteiger partial charge in [-0.1, -0.05) is 17.7 Å². The molecule has 0 saturated carbocycles. The van der Waals surface area contributed by atoms with E-state index in [2.05, 4.69) is 0 Å². The highest BCUT2D eigenvalue weighted by Crippen LogP contribution is 2.40. The molecule has 3 rings (SSSR count). The van der Waals surface area contributed by atoms with Crippen molar-refractivity contribution in [3.63, 3.8) is 0 Å². The Kier molecular flexibility index (Phi) is 5.64. The molecule has 0 fully saturated rings. The molecule has 0 saturated heterocycles. The van der Waals surface area contributed by atoms with Crippen molar-refractivity contribution < 1.29 is 14.6 Å². The molecule has 0 radical (unpaired) electrons. The van der Waals surface area contributed by atoms with E-state index >= 15 is 0 Å². The van der Waals surface area contributed by atoms with Crippen molar-refractivity contribution in [2.75, 3.05) is 6.61 Å². The van der Waals surface area contributed by atoms with Crippen LogP contribution >= 0.6 is 22.9 Å². The Morgan fingerprint density at radius 2 is 2.31 bits per heavy atom. The molecule has 2 heterocycles. The first-order valence-corrected chi connectivity index (χ1v) is 9.49. The van der Waals surface area contributed by atoms with Gasteiger partial charge in [0.05, 0.1) is 23.2 Å². The molecule has 0 amide bonds. The van der Waals surface area contributed by atoms with Crippen molar-refractivity contribution in [3.05, 3.63) is 62.9 Å². The maximum atomic E-state index is 11.8. The lowest BCUT2D eigenvalue weighted by Gasteiger charge is -2.25. The molecule has 1 N–H and O–H groups in total. The van der Waals surface area contributed by atoms with E-state index in [4.69, 9.17) is 21.4 Å². The van der Waals surface area contributed by atoms with Gasteiger partial charge in [-0.25, -0.2) is 4.79 Å². The number of allylic oxidation sites excluding steroid dienone is 1. The summed E-state index contributed by atoms with van der Waals surface area (Å²) in [6, 6.07) is 8.67. The van der Waals surface area contributed by atoms with Crippen LogP contribution in [0.4, 0.5) is 0 Å². The first kappa shape index (κ1) is 18.5. The molecule has 2 aromatic rings. The number of phenols is 1. The van der Waals surface area contributed by atoms with Gasteiger partial charge in [-0.05, 0) is 43.5 Å². The third-order valence-electron chi connectivity index (χ3n) is 4.04. The van der Waals surface area contributed by atoms with Crippen molar-refractivity contribution in [2.24, 2.45) is 5.10 Å². The molecule has 26 heavy (non-hydrogen) atoms. The molecule has 0 unspecified atom stereocenters. The van der Waals surface area contributed by atoms with Gasteiger partial charge in [0, 0.05) is 28.8 Å². The number of rotatable bonds is 5. The maximum Gasteiger partial charge on any atom is 0.332 e. The van der Waals surface area contributed by atoms with E-state index in [0.29, 0.717) is 29.3 Å². The Balaban J connectivity index is 1.99. The van der Waals surface area contributed by atoms with Gasteiger partial charge in [-0.2, -0.15) is 5.10 Å². The van der Waals surface area contributed by atoms with Gasteiger partial charge in [-0.15, -0.1) is 11.3 Å². The molecule has 7 heteroatoms. The molecule has 1 aliphatic rings. The van der Waals surface area contributed by atoms with E-state index in [1.54, 1.807) is 48.4 Å². The van der Waals surface area contributed by atoms with Crippen molar-refractivity contribution >= 4 is 34.6 Å². The molecule has 1 atom stereocenters. The number of hydrogen-bond acceptors (Lipinski definition) is 6. The first-order chi connectivity index (χ1) is 12.5. The number of thiophene rings is 1. The topological polar surface area (TPSA) is 62.1 Å². The Morgan fingerprint density at radius 3 is 3.00 bits per heavy atom. The number of halogens is 1. The van der Waals surface area contributed by atoms with Gasteiger partial charge in [0.15, 0.2) is 0 Å². The van der Waals surface area contributed by atoms with Gasteiger partial charge in [0.1, 0.15) is 5.75 Å². The standard InChI is InChI=1S/C19H19ClN2O3S/c1-3-25-19(24)9-12(2)22-16(14-10-13(20)6-7-17(14)23)11-15(21-22)18-5-4-8-26-18/h4-10,16,23H,3,11H2,1-2H3/b12-9+/t16-/m1/s1. The zero-order valence-corrected chi connectivity index (χ0v) is 16.0. The van der Waals surface area contributed by atoms with Gasteiger partial charge in [0.25, 0.3) is 0 Å². The summed E-state index contributed by atoms with van der Waals surface area (Å²) >= 11 is 7.73. The van der Waals surface area contributed by atoms with Gasteiger partial charge in [0.2, 0.25) is 0 Å². The van der Waals surface area contributed by atoms with Crippen molar-refractivity contribution in [3.8, 4) is 5.75 Å². The van der Waals surface area contributed by atoms with Gasteiger partial charge >= 0.3 is 5.97 Å². The highest BCUT2D eigenvalue weighted by atomic mass is 35.5. The van der Waals surface area contributed by atoms with Gasteiger partial charge in [-0.3, -0.25) is 5.01 Å². The second kappa shape index (κ2) is 7.93. The molecular weight excluding hydrogens is 372 g/mol. The minimum Gasteiger partial charge on any atom is -0.508 e. The maximum absolute atomic E-state index is 11.8. The number of hydrazone groups is 1. The smallest absolute Gasteiger partial charge is 0.332 e. The number of esters is 1. The molecule has 5 nitrogen and oxygen atoms in total. The largest absolute Gasteiger partial charge is 0.508 e. The number of hydrogen-bond donors (Lipinski definition) is 1. The Bertz CT molecular complexity index is 862. The van der Waals surface area contributed by atoms with E-state index in [1.807, 2.05) is 17.5 Å². The number of benzene rings is 1. The number of ether oxygens (including phenoxy) is 1. The van der Waals surface area contributed by atoms with Crippen molar-refractivity contribution in [2.45, 2.75) is 26.3 Å². The predicted molar refractivity (Wildman–Crippen MR) is 104 cm³/mol. The van der Waals surface area contributed by atoms with Gasteiger partial charge < -0.3 is 9.84 Å².